The second-order valence-electron chi connectivity index (χ2n) is 4.94. The molecule has 0 amide bonds. The fourth-order valence-corrected chi connectivity index (χ4v) is 4.70. The summed E-state index contributed by atoms with van der Waals surface area (Å²) in [6, 6.07) is 18.8. The van der Waals surface area contributed by atoms with E-state index < -0.39 is 36.0 Å². The molecular weight excluding hydrogens is 463 g/mol. The van der Waals surface area contributed by atoms with Crippen molar-refractivity contribution in [2.75, 3.05) is 0 Å². The maximum absolute atomic E-state index is 9.36. The minimum absolute atomic E-state index is 0.135. The molecule has 0 radical (unpaired) electrons. The number of benzene rings is 3. The molecule has 7 heteroatoms. The first kappa shape index (κ1) is 17.6. The van der Waals surface area contributed by atoms with Gasteiger partial charge in [-0.3, -0.25) is 0 Å². The number of hydrogen-bond acceptors (Lipinski definition) is 6. The van der Waals surface area contributed by atoms with Crippen molar-refractivity contribution in [3.63, 3.8) is 0 Å². The maximum atomic E-state index is 9.36. The van der Waals surface area contributed by atoms with Crippen molar-refractivity contribution in [2.45, 2.75) is 0 Å². The first-order valence-electron chi connectivity index (χ1n) is 7.25. The Balaban J connectivity index is 1.77. The van der Waals surface area contributed by atoms with Crippen LogP contribution in [0.1, 0.15) is 0 Å². The van der Waals surface area contributed by atoms with Gasteiger partial charge >= 0.3 is 162 Å². The Kier molecular flexibility index (Phi) is 5.82. The van der Waals surface area contributed by atoms with Crippen LogP contribution >= 0.6 is 0 Å². The molecule has 0 saturated carbocycles. The van der Waals surface area contributed by atoms with Crippen LogP contribution in [0.15, 0.2) is 72.8 Å². The van der Waals surface area contributed by atoms with Gasteiger partial charge in [-0.1, -0.05) is 0 Å². The third kappa shape index (κ3) is 5.39. The first-order valence-corrected chi connectivity index (χ1v) is 10.5. The second kappa shape index (κ2) is 8.25. The van der Waals surface area contributed by atoms with Gasteiger partial charge in [-0.2, -0.15) is 0 Å². The molecule has 25 heavy (non-hydrogen) atoms. The molecular formula is C18H15O6Sm. The van der Waals surface area contributed by atoms with Crippen molar-refractivity contribution in [1.82, 2.24) is 0 Å². The molecule has 0 heterocycles. The topological polar surface area (TPSA) is 88.4 Å². The predicted molar refractivity (Wildman–Crippen MR) is 86.2 cm³/mol. The molecule has 3 rings (SSSR count). The molecule has 3 aromatic rings. The standard InChI is InChI=1S/3C6H6O2.Sm/c3*7-5-1-2-6(8)4-3-5;/h3*1-4,7-8H;/q;;;+3/p-3. The molecule has 0 unspecified atom stereocenters. The zero-order valence-corrected chi connectivity index (χ0v) is 15.5. The average Bonchev–Trinajstić information content (AvgIpc) is 2.61. The van der Waals surface area contributed by atoms with Crippen molar-refractivity contribution in [1.29, 1.82) is 0 Å². The van der Waals surface area contributed by atoms with E-state index in [1.807, 2.05) is 0 Å². The zero-order chi connectivity index (χ0) is 17.6. The third-order valence-electron chi connectivity index (χ3n) is 3.00. The zero-order valence-electron chi connectivity index (χ0n) is 12.9. The van der Waals surface area contributed by atoms with Gasteiger partial charge in [-0.15, -0.1) is 0 Å². The summed E-state index contributed by atoms with van der Waals surface area (Å²) in [5.41, 5.74) is 0. The number of aromatic hydroxyl groups is 3. The summed E-state index contributed by atoms with van der Waals surface area (Å²) >= 11 is -3.34. The van der Waals surface area contributed by atoms with Crippen LogP contribution in [-0.4, -0.2) is 15.3 Å². The Bertz CT molecular complexity index is 690. The summed E-state index contributed by atoms with van der Waals surface area (Å²) < 4.78 is 17.6. The van der Waals surface area contributed by atoms with Gasteiger partial charge in [-0.05, 0) is 0 Å². The molecule has 129 valence electrons. The van der Waals surface area contributed by atoms with Crippen molar-refractivity contribution in [3.05, 3.63) is 72.8 Å². The molecule has 0 atom stereocenters. The molecule has 0 spiro atoms. The van der Waals surface area contributed by atoms with Crippen molar-refractivity contribution < 1.29 is 54.7 Å². The predicted octanol–water partition coefficient (Wildman–Crippen LogP) is 3.71. The quantitative estimate of drug-likeness (QED) is 0.502. The second-order valence-corrected chi connectivity index (χ2v) is 7.85. The van der Waals surface area contributed by atoms with E-state index in [1.165, 1.54) is 36.4 Å². The summed E-state index contributed by atoms with van der Waals surface area (Å²) in [7, 11) is 0. The molecule has 0 bridgehead atoms. The van der Waals surface area contributed by atoms with Crippen LogP contribution in [0, 0.1) is 36.0 Å². The van der Waals surface area contributed by atoms with Crippen LogP contribution in [-0.2, 0) is 0 Å². The number of rotatable bonds is 6. The fourth-order valence-electron chi connectivity index (χ4n) is 1.79. The summed E-state index contributed by atoms with van der Waals surface area (Å²) in [5, 5.41) is 28.1. The van der Waals surface area contributed by atoms with E-state index in [0.29, 0.717) is 17.2 Å². The van der Waals surface area contributed by atoms with E-state index in [2.05, 4.69) is 0 Å². The average molecular weight is 478 g/mol. The normalized spacial score (nSPS) is 10.4. The van der Waals surface area contributed by atoms with Crippen LogP contribution in [0.5, 0.6) is 34.5 Å². The summed E-state index contributed by atoms with van der Waals surface area (Å²) in [5.74, 6) is 1.96. The van der Waals surface area contributed by atoms with E-state index in [9.17, 15) is 15.3 Å². The van der Waals surface area contributed by atoms with Crippen molar-refractivity contribution >= 4 is 0 Å². The Morgan fingerprint density at radius 1 is 0.440 bits per heavy atom. The van der Waals surface area contributed by atoms with E-state index >= 15 is 0 Å². The Hall–Kier alpha value is -2.20. The van der Waals surface area contributed by atoms with Gasteiger partial charge in [0.05, 0.1) is 0 Å². The van der Waals surface area contributed by atoms with E-state index in [0.717, 1.165) is 0 Å². The van der Waals surface area contributed by atoms with Gasteiger partial charge in [0.1, 0.15) is 0 Å². The van der Waals surface area contributed by atoms with E-state index in [1.54, 1.807) is 36.4 Å². The van der Waals surface area contributed by atoms with Crippen LogP contribution in [0.4, 0.5) is 0 Å². The molecule has 3 N–H and O–H groups in total. The van der Waals surface area contributed by atoms with Crippen LogP contribution in [0.3, 0.4) is 0 Å². The van der Waals surface area contributed by atoms with Crippen molar-refractivity contribution in [2.24, 2.45) is 0 Å². The van der Waals surface area contributed by atoms with Gasteiger partial charge < -0.3 is 0 Å². The Morgan fingerprint density at radius 2 is 0.680 bits per heavy atom. The van der Waals surface area contributed by atoms with Crippen LogP contribution in [0.25, 0.3) is 0 Å². The third-order valence-corrected chi connectivity index (χ3v) is 6.16. The monoisotopic (exact) mass is 479 g/mol. The number of phenols is 3. The van der Waals surface area contributed by atoms with Gasteiger partial charge in [0, 0.05) is 0 Å². The Labute approximate surface area is 161 Å². The van der Waals surface area contributed by atoms with Gasteiger partial charge in [0.2, 0.25) is 0 Å². The molecule has 0 saturated heterocycles. The van der Waals surface area contributed by atoms with Gasteiger partial charge in [-0.25, -0.2) is 0 Å². The minimum atomic E-state index is -3.34. The first-order chi connectivity index (χ1) is 12.1. The van der Waals surface area contributed by atoms with E-state index in [4.69, 9.17) is 3.36 Å². The molecule has 3 aromatic carbocycles. The molecule has 0 aliphatic rings. The van der Waals surface area contributed by atoms with Crippen molar-refractivity contribution in [3.8, 4) is 34.5 Å². The van der Waals surface area contributed by atoms with E-state index in [-0.39, 0.29) is 17.2 Å². The number of phenolic OH excluding ortho intramolecular Hbond substituents is 3. The summed E-state index contributed by atoms with van der Waals surface area (Å²) in [6.07, 6.45) is 0. The molecule has 0 aliphatic heterocycles. The van der Waals surface area contributed by atoms with Gasteiger partial charge in [0.25, 0.3) is 0 Å². The molecule has 0 aliphatic carbocycles. The summed E-state index contributed by atoms with van der Waals surface area (Å²) in [4.78, 5) is 0. The molecule has 0 fully saturated rings. The Morgan fingerprint density at radius 3 is 0.920 bits per heavy atom. The van der Waals surface area contributed by atoms with Crippen LogP contribution in [0.2, 0.25) is 0 Å². The molecule has 0 aromatic heterocycles. The van der Waals surface area contributed by atoms with Gasteiger partial charge in [0.15, 0.2) is 0 Å². The summed E-state index contributed by atoms with van der Waals surface area (Å²) in [6.45, 7) is 0. The van der Waals surface area contributed by atoms with Crippen LogP contribution < -0.4 is 3.36 Å². The number of hydrogen-bond donors (Lipinski definition) is 3. The SMILES string of the molecule is Oc1ccc([O][Sm]([O]c2ccc(O)cc2)[O]c2ccc(O)cc2)cc1. The fraction of sp³-hybridized carbons (Fsp3) is 0. The molecule has 6 nitrogen and oxygen atoms in total.